The van der Waals surface area contributed by atoms with E-state index in [1.165, 1.54) is 25.7 Å². The number of hydrogen-bond acceptors (Lipinski definition) is 2. The summed E-state index contributed by atoms with van der Waals surface area (Å²) in [5, 5.41) is 0. The maximum Gasteiger partial charge on any atom is 0.234 e. The van der Waals surface area contributed by atoms with Crippen LogP contribution in [0.5, 0.6) is 0 Å². The van der Waals surface area contributed by atoms with Crippen LogP contribution in [0.15, 0.2) is 21.6 Å². The molecule has 3 rings (SSSR count). The zero-order chi connectivity index (χ0) is 14.2. The molecule has 3 nitrogen and oxygen atoms in total. The highest BCUT2D eigenvalue weighted by atomic mass is 79.9. The van der Waals surface area contributed by atoms with Gasteiger partial charge in [-0.3, -0.25) is 4.99 Å². The Kier molecular flexibility index (Phi) is 3.55. The minimum atomic E-state index is 0.658. The number of anilines is 1. The van der Waals surface area contributed by atoms with Gasteiger partial charge < -0.3 is 4.90 Å². The van der Waals surface area contributed by atoms with Crippen molar-refractivity contribution in [2.24, 2.45) is 10.4 Å². The molecule has 1 aliphatic heterocycles. The second kappa shape index (κ2) is 5.21. The number of aliphatic imine (C=N–C) groups is 1. The van der Waals surface area contributed by atoms with E-state index in [4.69, 9.17) is 6.57 Å². The Hall–Kier alpha value is -1.34. The van der Waals surface area contributed by atoms with Crippen molar-refractivity contribution < 1.29 is 0 Å². The normalized spacial score (nSPS) is 20.4. The zero-order valence-corrected chi connectivity index (χ0v) is 13.3. The molecule has 0 atom stereocenters. The van der Waals surface area contributed by atoms with Gasteiger partial charge in [0.2, 0.25) is 5.69 Å². The van der Waals surface area contributed by atoms with Crippen LogP contribution in [0.4, 0.5) is 17.1 Å². The molecule has 1 aromatic carbocycles. The fourth-order valence-electron chi connectivity index (χ4n) is 3.06. The predicted octanol–water partition coefficient (Wildman–Crippen LogP) is 5.10. The molecule has 1 heterocycles. The Morgan fingerprint density at radius 1 is 1.30 bits per heavy atom. The highest BCUT2D eigenvalue weighted by Gasteiger charge is 2.44. The predicted molar refractivity (Wildman–Crippen MR) is 87.3 cm³/mol. The highest BCUT2D eigenvalue weighted by molar-refractivity contribution is 9.10. The van der Waals surface area contributed by atoms with Gasteiger partial charge in [0.15, 0.2) is 0 Å². The Bertz CT molecular complexity index is 586. The van der Waals surface area contributed by atoms with Crippen LogP contribution in [0, 0.1) is 12.0 Å². The van der Waals surface area contributed by atoms with Crippen molar-refractivity contribution in [1.82, 2.24) is 0 Å². The Labute approximate surface area is 128 Å². The molecule has 0 aromatic heterocycles. The lowest BCUT2D eigenvalue weighted by molar-refractivity contribution is 0.384. The third-order valence-electron chi connectivity index (χ3n) is 4.54. The smallest absolute Gasteiger partial charge is 0.234 e. The van der Waals surface area contributed by atoms with Crippen LogP contribution in [-0.2, 0) is 0 Å². The summed E-state index contributed by atoms with van der Waals surface area (Å²) in [7, 11) is 0. The summed E-state index contributed by atoms with van der Waals surface area (Å²) in [6.07, 6.45) is 7.09. The highest BCUT2D eigenvalue weighted by Crippen LogP contribution is 2.54. The van der Waals surface area contributed by atoms with E-state index in [2.05, 4.69) is 36.7 Å². The van der Waals surface area contributed by atoms with Crippen molar-refractivity contribution >= 4 is 39.2 Å². The van der Waals surface area contributed by atoms with E-state index >= 15 is 0 Å². The van der Waals surface area contributed by atoms with Gasteiger partial charge in [-0.15, -0.1) is 0 Å². The lowest BCUT2D eigenvalue weighted by Gasteiger charge is -2.34. The van der Waals surface area contributed by atoms with E-state index < -0.39 is 0 Å². The molecule has 1 spiro atoms. The summed E-state index contributed by atoms with van der Waals surface area (Å²) in [5.74, 6) is 0. The quantitative estimate of drug-likeness (QED) is 0.545. The second-order valence-corrected chi connectivity index (χ2v) is 6.69. The van der Waals surface area contributed by atoms with Crippen LogP contribution in [0.2, 0.25) is 0 Å². The first kappa shape index (κ1) is 13.6. The summed E-state index contributed by atoms with van der Waals surface area (Å²) in [6, 6.07) is 3.98. The Morgan fingerprint density at radius 2 is 2.00 bits per heavy atom. The van der Waals surface area contributed by atoms with E-state index in [9.17, 15) is 0 Å². The third-order valence-corrected chi connectivity index (χ3v) is 4.99. The molecule has 1 saturated heterocycles. The van der Waals surface area contributed by atoms with E-state index in [0.29, 0.717) is 11.1 Å². The molecule has 1 aromatic rings. The number of hydrogen-bond donors (Lipinski definition) is 0. The first-order valence-electron chi connectivity index (χ1n) is 7.12. The van der Waals surface area contributed by atoms with Gasteiger partial charge in [-0.1, -0.05) is 15.9 Å². The van der Waals surface area contributed by atoms with E-state index in [0.717, 1.165) is 28.9 Å². The van der Waals surface area contributed by atoms with Crippen molar-refractivity contribution in [2.45, 2.75) is 32.6 Å². The van der Waals surface area contributed by atoms with Crippen LogP contribution in [0.3, 0.4) is 0 Å². The van der Waals surface area contributed by atoms with Gasteiger partial charge in [0.1, 0.15) is 0 Å². The van der Waals surface area contributed by atoms with Gasteiger partial charge in [-0.2, -0.15) is 0 Å². The van der Waals surface area contributed by atoms with Crippen molar-refractivity contribution in [3.05, 3.63) is 28.0 Å². The number of halogens is 1. The molecule has 1 saturated carbocycles. The lowest BCUT2D eigenvalue weighted by atomic mass is 9.93. The van der Waals surface area contributed by atoms with Crippen molar-refractivity contribution in [1.29, 1.82) is 0 Å². The molecule has 0 bridgehead atoms. The minimum absolute atomic E-state index is 0.658. The maximum atomic E-state index is 7.49. The molecule has 0 unspecified atom stereocenters. The van der Waals surface area contributed by atoms with Gasteiger partial charge in [0, 0.05) is 29.5 Å². The van der Waals surface area contributed by atoms with E-state index in [-0.39, 0.29) is 0 Å². The van der Waals surface area contributed by atoms with Crippen LogP contribution in [0.1, 0.15) is 32.6 Å². The lowest BCUT2D eigenvalue weighted by Crippen LogP contribution is -2.34. The summed E-state index contributed by atoms with van der Waals surface area (Å²) >= 11 is 3.54. The maximum absolute atomic E-state index is 7.49. The first-order chi connectivity index (χ1) is 9.67. The van der Waals surface area contributed by atoms with E-state index in [1.807, 2.05) is 13.0 Å². The van der Waals surface area contributed by atoms with Gasteiger partial charge in [0.25, 0.3) is 0 Å². The number of nitrogens with zero attached hydrogens (tertiary/aromatic N) is 3. The summed E-state index contributed by atoms with van der Waals surface area (Å²) in [6.45, 7) is 11.5. The molecule has 2 aliphatic rings. The van der Waals surface area contributed by atoms with Gasteiger partial charge >= 0.3 is 0 Å². The minimum Gasteiger partial charge on any atom is -0.380 e. The summed E-state index contributed by atoms with van der Waals surface area (Å²) in [4.78, 5) is 10.4. The fourth-order valence-corrected chi connectivity index (χ4v) is 3.50. The molecule has 2 fully saturated rings. The summed E-state index contributed by atoms with van der Waals surface area (Å²) in [5.41, 5.74) is 3.13. The SMILES string of the molecule is [C-]#[N+]c1c(N=CC)cc(Br)cc1N1CCC2(CC1)CC2. The van der Waals surface area contributed by atoms with Crippen molar-refractivity contribution in [3.63, 3.8) is 0 Å². The number of rotatable bonds is 2. The second-order valence-electron chi connectivity index (χ2n) is 5.78. The van der Waals surface area contributed by atoms with Gasteiger partial charge in [0.05, 0.1) is 12.3 Å². The monoisotopic (exact) mass is 331 g/mol. The molecule has 4 heteroatoms. The van der Waals surface area contributed by atoms with E-state index in [1.54, 1.807) is 6.21 Å². The average molecular weight is 332 g/mol. The topological polar surface area (TPSA) is 20.0 Å². The first-order valence-corrected chi connectivity index (χ1v) is 7.91. The molecule has 0 N–H and O–H groups in total. The third kappa shape index (κ3) is 2.47. The van der Waals surface area contributed by atoms with Crippen LogP contribution < -0.4 is 4.90 Å². The molecule has 20 heavy (non-hydrogen) atoms. The standard InChI is InChI=1S/C16H18BrN3/c1-3-19-13-10-12(17)11-14(15(13)18-2)20-8-6-16(4-5-16)7-9-20/h3,10-11H,4-9H2,1H3. The number of piperidine rings is 1. The summed E-state index contributed by atoms with van der Waals surface area (Å²) < 4.78 is 0.993. The van der Waals surface area contributed by atoms with Gasteiger partial charge in [-0.05, 0) is 50.2 Å². The van der Waals surface area contributed by atoms with Crippen LogP contribution in [-0.4, -0.2) is 19.3 Å². The van der Waals surface area contributed by atoms with Crippen molar-refractivity contribution in [2.75, 3.05) is 18.0 Å². The molecular formula is C16H18BrN3. The largest absolute Gasteiger partial charge is 0.380 e. The molecule has 0 radical (unpaired) electrons. The molecular weight excluding hydrogens is 314 g/mol. The van der Waals surface area contributed by atoms with Crippen LogP contribution >= 0.6 is 15.9 Å². The van der Waals surface area contributed by atoms with Crippen LogP contribution in [0.25, 0.3) is 4.85 Å². The Morgan fingerprint density at radius 3 is 2.55 bits per heavy atom. The Balaban J connectivity index is 1.94. The number of benzene rings is 1. The molecule has 1 aliphatic carbocycles. The fraction of sp³-hybridized carbons (Fsp3) is 0.500. The molecule has 104 valence electrons. The van der Waals surface area contributed by atoms with Gasteiger partial charge in [-0.25, -0.2) is 4.85 Å². The zero-order valence-electron chi connectivity index (χ0n) is 11.7. The average Bonchev–Trinajstić information content (AvgIpc) is 3.19. The molecule has 0 amide bonds. The van der Waals surface area contributed by atoms with Crippen molar-refractivity contribution in [3.8, 4) is 0 Å².